The molecule has 0 bridgehead atoms. The fourth-order valence-corrected chi connectivity index (χ4v) is 9.18. The molecule has 8 rings (SSSR count). The SMILES string of the molecule is Cc1c(-c2cc(N3C(=O)C4CC5C(=CCn6c(=O)n(C)c(=O)n65)C(c5ccc(O)cc5)C4(C)C3=O)n(C)n2)sc2ccc(Cl)cc12. The number of nitrogens with zero attached hydrogens (tertiary/aromatic N) is 6. The molecule has 234 valence electrons. The topological polar surface area (TPSA) is 124 Å². The summed E-state index contributed by atoms with van der Waals surface area (Å²) in [6.07, 6.45) is 2.08. The van der Waals surface area contributed by atoms with Crippen LogP contribution in [0.2, 0.25) is 5.02 Å². The van der Waals surface area contributed by atoms with E-state index in [-0.39, 0.29) is 30.5 Å². The maximum atomic E-state index is 14.8. The van der Waals surface area contributed by atoms with Crippen LogP contribution < -0.4 is 16.3 Å². The second-order valence-electron chi connectivity index (χ2n) is 12.6. The lowest BCUT2D eigenvalue weighted by molar-refractivity contribution is -0.129. The summed E-state index contributed by atoms with van der Waals surface area (Å²) >= 11 is 7.84. The number of phenolic OH excluding ortho intramolecular Hbond substituents is 1. The molecule has 3 aromatic heterocycles. The number of thiophene rings is 1. The Morgan fingerprint density at radius 1 is 1.02 bits per heavy atom. The number of rotatable bonds is 3. The minimum Gasteiger partial charge on any atom is -0.508 e. The Kier molecular flexibility index (Phi) is 6.04. The average molecular weight is 657 g/mol. The number of carbonyl (C=O) groups excluding carboxylic acids is 2. The zero-order valence-electron chi connectivity index (χ0n) is 25.4. The molecule has 46 heavy (non-hydrogen) atoms. The lowest BCUT2D eigenvalue weighted by Crippen LogP contribution is -2.49. The third-order valence-corrected chi connectivity index (χ3v) is 11.7. The zero-order valence-corrected chi connectivity index (χ0v) is 27.0. The number of amides is 2. The largest absolute Gasteiger partial charge is 0.508 e. The number of aromatic hydroxyl groups is 1. The lowest BCUT2D eigenvalue weighted by Gasteiger charge is -2.47. The molecule has 1 saturated heterocycles. The molecule has 13 heteroatoms. The molecular formula is C33H29ClN6O5S. The molecule has 0 spiro atoms. The molecule has 4 atom stereocenters. The number of hydrogen-bond donors (Lipinski definition) is 1. The molecule has 3 aliphatic rings. The van der Waals surface area contributed by atoms with Gasteiger partial charge in [0, 0.05) is 35.8 Å². The van der Waals surface area contributed by atoms with E-state index in [0.29, 0.717) is 16.5 Å². The van der Waals surface area contributed by atoms with Crippen molar-refractivity contribution < 1.29 is 14.7 Å². The third kappa shape index (κ3) is 3.68. The summed E-state index contributed by atoms with van der Waals surface area (Å²) < 4.78 is 6.50. The van der Waals surface area contributed by atoms with Crippen molar-refractivity contribution in [1.29, 1.82) is 0 Å². The molecule has 1 N–H and O–H groups in total. The second-order valence-corrected chi connectivity index (χ2v) is 14.0. The summed E-state index contributed by atoms with van der Waals surface area (Å²) in [5.74, 6) is -1.73. The number of fused-ring (bicyclic) bond motifs is 5. The molecule has 2 amide bonds. The van der Waals surface area contributed by atoms with Gasteiger partial charge in [-0.1, -0.05) is 29.8 Å². The van der Waals surface area contributed by atoms with Crippen molar-refractivity contribution in [2.45, 2.75) is 38.8 Å². The molecule has 2 aromatic carbocycles. The number of hydrogen-bond acceptors (Lipinski definition) is 7. The van der Waals surface area contributed by atoms with Crippen LogP contribution in [0.4, 0.5) is 5.82 Å². The van der Waals surface area contributed by atoms with Crippen LogP contribution in [0.1, 0.15) is 36.4 Å². The van der Waals surface area contributed by atoms with Crippen molar-refractivity contribution in [3.63, 3.8) is 0 Å². The Bertz CT molecular complexity index is 2310. The standard InChI is InChI=1S/C33H29ClN6O5S/c1-16-21-13-18(34)7-10-25(21)46-28(16)23-15-26(37(4)35-23)39-29(42)22-14-24-20(11-12-38-31(44)36(3)32(45)40(24)38)27(33(22,2)30(39)43)17-5-8-19(41)9-6-17/h5-11,13,15,22,24,27,41H,12,14H2,1-4H3. The van der Waals surface area contributed by atoms with Gasteiger partial charge in [0.1, 0.15) is 17.3 Å². The van der Waals surface area contributed by atoms with Gasteiger partial charge < -0.3 is 5.11 Å². The fourth-order valence-electron chi connectivity index (χ4n) is 7.87. The highest BCUT2D eigenvalue weighted by atomic mass is 35.5. The number of aryl methyl sites for hydroxylation is 2. The van der Waals surface area contributed by atoms with E-state index in [9.17, 15) is 24.3 Å². The number of carbonyl (C=O) groups is 2. The van der Waals surface area contributed by atoms with E-state index in [2.05, 4.69) is 0 Å². The van der Waals surface area contributed by atoms with E-state index < -0.39 is 34.7 Å². The summed E-state index contributed by atoms with van der Waals surface area (Å²) in [7, 11) is 3.15. The molecular weight excluding hydrogens is 628 g/mol. The van der Waals surface area contributed by atoms with Gasteiger partial charge in [0.15, 0.2) is 0 Å². The molecule has 5 heterocycles. The van der Waals surface area contributed by atoms with Crippen molar-refractivity contribution in [2.24, 2.45) is 25.4 Å². The van der Waals surface area contributed by atoms with Crippen LogP contribution in [0.5, 0.6) is 5.75 Å². The van der Waals surface area contributed by atoms with Gasteiger partial charge in [-0.3, -0.25) is 14.3 Å². The van der Waals surface area contributed by atoms with Crippen molar-refractivity contribution in [1.82, 2.24) is 23.7 Å². The van der Waals surface area contributed by atoms with E-state index in [4.69, 9.17) is 16.7 Å². The van der Waals surface area contributed by atoms with Gasteiger partial charge in [-0.05, 0) is 72.7 Å². The predicted molar refractivity (Wildman–Crippen MR) is 174 cm³/mol. The Hall–Kier alpha value is -4.68. The molecule has 1 saturated carbocycles. The Labute approximate surface area is 271 Å². The normalized spacial score (nSPS) is 23.9. The molecule has 2 fully saturated rings. The van der Waals surface area contributed by atoms with Crippen LogP contribution in [0.3, 0.4) is 0 Å². The summed E-state index contributed by atoms with van der Waals surface area (Å²) in [5, 5.41) is 16.5. The quantitative estimate of drug-likeness (QED) is 0.225. The van der Waals surface area contributed by atoms with E-state index >= 15 is 0 Å². The smallest absolute Gasteiger partial charge is 0.347 e. The van der Waals surface area contributed by atoms with Crippen LogP contribution in [0.25, 0.3) is 20.7 Å². The second kappa shape index (κ2) is 9.66. The van der Waals surface area contributed by atoms with E-state index in [1.54, 1.807) is 53.4 Å². The van der Waals surface area contributed by atoms with Crippen LogP contribution in [-0.4, -0.2) is 40.6 Å². The minimum atomic E-state index is -1.22. The van der Waals surface area contributed by atoms with Gasteiger partial charge in [0.05, 0.1) is 28.8 Å². The number of benzene rings is 2. The number of allylic oxidation sites excluding steroid dienone is 2. The molecule has 11 nitrogen and oxygen atoms in total. The van der Waals surface area contributed by atoms with Gasteiger partial charge in [0.25, 0.3) is 0 Å². The third-order valence-electron chi connectivity index (χ3n) is 10.2. The fraction of sp³-hybridized carbons (Fsp3) is 0.303. The van der Waals surface area contributed by atoms with E-state index in [0.717, 1.165) is 36.2 Å². The lowest BCUT2D eigenvalue weighted by atomic mass is 9.56. The van der Waals surface area contributed by atoms with Crippen molar-refractivity contribution in [2.75, 3.05) is 4.90 Å². The number of phenols is 1. The summed E-state index contributed by atoms with van der Waals surface area (Å²) in [4.78, 5) is 57.7. The van der Waals surface area contributed by atoms with Gasteiger partial charge in [0.2, 0.25) is 11.8 Å². The highest BCUT2D eigenvalue weighted by molar-refractivity contribution is 7.22. The molecule has 2 aliphatic heterocycles. The Morgan fingerprint density at radius 3 is 2.50 bits per heavy atom. The van der Waals surface area contributed by atoms with Gasteiger partial charge >= 0.3 is 11.4 Å². The number of aromatic nitrogens is 5. The molecule has 4 unspecified atom stereocenters. The molecule has 1 aliphatic carbocycles. The minimum absolute atomic E-state index is 0.0696. The Morgan fingerprint density at radius 2 is 1.76 bits per heavy atom. The first kappa shape index (κ1) is 28.8. The van der Waals surface area contributed by atoms with Crippen LogP contribution >= 0.6 is 22.9 Å². The molecule has 5 aromatic rings. The molecule has 0 radical (unpaired) electrons. The van der Waals surface area contributed by atoms with Crippen LogP contribution in [0.15, 0.2) is 69.8 Å². The number of imide groups is 1. The summed E-state index contributed by atoms with van der Waals surface area (Å²) in [6, 6.07) is 13.5. The number of anilines is 1. The first-order valence-electron chi connectivity index (χ1n) is 14.9. The predicted octanol–water partition coefficient (Wildman–Crippen LogP) is 4.50. The number of halogens is 1. The zero-order chi connectivity index (χ0) is 32.4. The van der Waals surface area contributed by atoms with Gasteiger partial charge in [-0.15, -0.1) is 11.3 Å². The Balaban J connectivity index is 1.28. The van der Waals surface area contributed by atoms with Crippen LogP contribution in [0, 0.1) is 18.3 Å². The van der Waals surface area contributed by atoms with Crippen LogP contribution in [-0.2, 0) is 30.2 Å². The maximum absolute atomic E-state index is 14.8. The van der Waals surface area contributed by atoms with E-state index in [1.165, 1.54) is 21.3 Å². The first-order chi connectivity index (χ1) is 21.9. The van der Waals surface area contributed by atoms with Gasteiger partial charge in [-0.2, -0.15) is 5.10 Å². The maximum Gasteiger partial charge on any atom is 0.347 e. The van der Waals surface area contributed by atoms with Crippen molar-refractivity contribution >= 4 is 50.7 Å². The average Bonchev–Trinajstić information content (AvgIpc) is 3.69. The summed E-state index contributed by atoms with van der Waals surface area (Å²) in [5.41, 5.74) is 1.05. The summed E-state index contributed by atoms with van der Waals surface area (Å²) in [6.45, 7) is 3.98. The van der Waals surface area contributed by atoms with Gasteiger partial charge in [-0.25, -0.2) is 28.4 Å². The first-order valence-corrected chi connectivity index (χ1v) is 16.1. The van der Waals surface area contributed by atoms with Crippen molar-refractivity contribution in [3.8, 4) is 16.3 Å². The monoisotopic (exact) mass is 656 g/mol. The highest BCUT2D eigenvalue weighted by Gasteiger charge is 2.65. The van der Waals surface area contributed by atoms with Crippen molar-refractivity contribution in [3.05, 3.63) is 97.3 Å². The highest BCUT2D eigenvalue weighted by Crippen LogP contribution is 2.61. The van der Waals surface area contributed by atoms with E-state index in [1.807, 2.05) is 38.1 Å².